The minimum Gasteiger partial charge on any atom is -0.493 e. The van der Waals surface area contributed by atoms with Gasteiger partial charge in [-0.3, -0.25) is 14.6 Å². The second kappa shape index (κ2) is 13.7. The molecule has 1 aliphatic rings. The molecule has 1 aromatic heterocycles. The number of rotatable bonds is 11. The number of carbonyl (C=O) groups excluding carboxylic acids is 2. The Morgan fingerprint density at radius 3 is 2.48 bits per heavy atom. The van der Waals surface area contributed by atoms with Gasteiger partial charge < -0.3 is 14.4 Å². The van der Waals surface area contributed by atoms with Crippen LogP contribution < -0.4 is 4.74 Å². The van der Waals surface area contributed by atoms with Crippen LogP contribution in [0.25, 0.3) is 11.1 Å². The molecule has 0 atom stereocenters. The summed E-state index contributed by atoms with van der Waals surface area (Å²) in [5, 5.41) is 0. The lowest BCUT2D eigenvalue weighted by atomic mass is 9.96. The molecule has 3 aromatic carbocycles. The molecule has 1 aliphatic heterocycles. The fourth-order valence-electron chi connectivity index (χ4n) is 4.92. The van der Waals surface area contributed by atoms with Gasteiger partial charge in [0.25, 0.3) is 5.91 Å². The van der Waals surface area contributed by atoms with Crippen molar-refractivity contribution in [2.45, 2.75) is 25.7 Å². The molecule has 1 amide bonds. The Morgan fingerprint density at radius 2 is 1.68 bits per heavy atom. The molecule has 2 heterocycles. The van der Waals surface area contributed by atoms with Crippen molar-refractivity contribution in [2.24, 2.45) is 0 Å². The number of morpholine rings is 1. The normalized spacial score (nSPS) is 13.2. The molecule has 6 heteroatoms. The first kappa shape index (κ1) is 27.3. The van der Waals surface area contributed by atoms with Gasteiger partial charge in [0.15, 0.2) is 0 Å². The van der Waals surface area contributed by atoms with Crippen LogP contribution in [0.2, 0.25) is 0 Å². The Hall–Kier alpha value is -4.29. The van der Waals surface area contributed by atoms with Crippen molar-refractivity contribution in [2.75, 3.05) is 32.9 Å². The first-order chi connectivity index (χ1) is 19.7. The maximum atomic E-state index is 13.0. The molecular weight excluding hydrogens is 500 g/mol. The van der Waals surface area contributed by atoms with Crippen LogP contribution in [-0.4, -0.2) is 54.5 Å². The van der Waals surface area contributed by atoms with Crippen molar-refractivity contribution < 1.29 is 19.1 Å². The van der Waals surface area contributed by atoms with Crippen LogP contribution >= 0.6 is 0 Å². The van der Waals surface area contributed by atoms with Crippen LogP contribution in [0.3, 0.4) is 0 Å². The van der Waals surface area contributed by atoms with Gasteiger partial charge in [0.2, 0.25) is 0 Å². The number of ketones is 1. The van der Waals surface area contributed by atoms with Gasteiger partial charge in [0.1, 0.15) is 11.5 Å². The van der Waals surface area contributed by atoms with Crippen LogP contribution in [0, 0.1) is 0 Å². The van der Waals surface area contributed by atoms with Crippen LogP contribution in [-0.2, 0) is 28.8 Å². The monoisotopic (exact) mass is 534 g/mol. The number of ether oxygens (including phenoxy) is 2. The number of aromatic nitrogens is 1. The predicted molar refractivity (Wildman–Crippen MR) is 156 cm³/mol. The minimum absolute atomic E-state index is 0.0459. The van der Waals surface area contributed by atoms with Crippen molar-refractivity contribution in [3.8, 4) is 16.9 Å². The minimum atomic E-state index is 0.0459. The van der Waals surface area contributed by atoms with E-state index in [2.05, 4.69) is 17.1 Å². The maximum Gasteiger partial charge on any atom is 0.254 e. The fourth-order valence-corrected chi connectivity index (χ4v) is 4.92. The molecule has 1 saturated heterocycles. The lowest BCUT2D eigenvalue weighted by Gasteiger charge is -2.27. The number of benzene rings is 3. The highest BCUT2D eigenvalue weighted by Crippen LogP contribution is 2.26. The van der Waals surface area contributed by atoms with E-state index in [1.165, 1.54) is 0 Å². The Kier molecular flexibility index (Phi) is 9.33. The highest BCUT2D eigenvalue weighted by molar-refractivity contribution is 5.95. The summed E-state index contributed by atoms with van der Waals surface area (Å²) in [5.41, 5.74) is 6.04. The Balaban J connectivity index is 1.15. The van der Waals surface area contributed by atoms with Gasteiger partial charge >= 0.3 is 0 Å². The van der Waals surface area contributed by atoms with E-state index in [1.54, 1.807) is 6.20 Å². The van der Waals surface area contributed by atoms with Gasteiger partial charge in [-0.25, -0.2) is 0 Å². The Morgan fingerprint density at radius 1 is 0.850 bits per heavy atom. The topological polar surface area (TPSA) is 68.7 Å². The summed E-state index contributed by atoms with van der Waals surface area (Å²) in [5.74, 6) is 1.04. The first-order valence-electron chi connectivity index (χ1n) is 13.8. The molecule has 0 unspecified atom stereocenters. The van der Waals surface area contributed by atoms with E-state index < -0.39 is 0 Å². The van der Waals surface area contributed by atoms with Crippen molar-refractivity contribution in [1.82, 2.24) is 9.88 Å². The van der Waals surface area contributed by atoms with Crippen molar-refractivity contribution >= 4 is 11.7 Å². The summed E-state index contributed by atoms with van der Waals surface area (Å²) in [6.45, 7) is 2.94. The number of hydrogen-bond acceptors (Lipinski definition) is 5. The van der Waals surface area contributed by atoms with Gasteiger partial charge in [-0.05, 0) is 64.6 Å². The Labute approximate surface area is 235 Å². The molecule has 0 radical (unpaired) electrons. The van der Waals surface area contributed by atoms with E-state index in [4.69, 9.17) is 9.47 Å². The molecule has 0 bridgehead atoms. The number of aryl methyl sites for hydroxylation is 1. The zero-order valence-electron chi connectivity index (χ0n) is 22.6. The molecular formula is C34H34N2O4. The van der Waals surface area contributed by atoms with E-state index in [1.807, 2.05) is 83.9 Å². The molecule has 5 rings (SSSR count). The summed E-state index contributed by atoms with van der Waals surface area (Å²) < 4.78 is 11.4. The van der Waals surface area contributed by atoms with E-state index >= 15 is 0 Å². The average molecular weight is 535 g/mol. The van der Waals surface area contributed by atoms with Crippen molar-refractivity contribution in [3.05, 3.63) is 120 Å². The zero-order chi connectivity index (χ0) is 27.6. The third-order valence-electron chi connectivity index (χ3n) is 7.12. The van der Waals surface area contributed by atoms with Gasteiger partial charge in [-0.1, -0.05) is 54.6 Å². The largest absolute Gasteiger partial charge is 0.493 e. The highest BCUT2D eigenvalue weighted by Gasteiger charge is 2.19. The molecule has 0 spiro atoms. The maximum absolute atomic E-state index is 13.0. The number of nitrogens with zero attached hydrogens (tertiary/aromatic N) is 2. The number of amides is 1. The number of hydrogen-bond donors (Lipinski definition) is 0. The smallest absolute Gasteiger partial charge is 0.254 e. The van der Waals surface area contributed by atoms with Gasteiger partial charge in [0, 0.05) is 50.3 Å². The standard InChI is InChI=1S/C34H34N2O4/c37-31(13-10-27-5-4-17-35-25-27)23-26-11-14-32(15-12-26)40-20-16-28-6-1-2-9-33(28)29-7-3-8-30(24-29)34(38)36-18-21-39-22-19-36/h1-9,11-12,14-15,17,24-25H,10,13,16,18-23H2. The van der Waals surface area contributed by atoms with Gasteiger partial charge in [-0.2, -0.15) is 0 Å². The third-order valence-corrected chi connectivity index (χ3v) is 7.12. The molecule has 40 heavy (non-hydrogen) atoms. The zero-order valence-corrected chi connectivity index (χ0v) is 22.6. The van der Waals surface area contributed by atoms with Crippen LogP contribution in [0.4, 0.5) is 0 Å². The summed E-state index contributed by atoms with van der Waals surface area (Å²) in [4.78, 5) is 31.4. The van der Waals surface area contributed by atoms with Crippen LogP contribution in [0.5, 0.6) is 5.75 Å². The van der Waals surface area contributed by atoms with E-state index in [9.17, 15) is 9.59 Å². The lowest BCUT2D eigenvalue weighted by Crippen LogP contribution is -2.40. The van der Waals surface area contributed by atoms with Gasteiger partial charge in [0.05, 0.1) is 19.8 Å². The summed E-state index contributed by atoms with van der Waals surface area (Å²) in [6, 6.07) is 27.8. The van der Waals surface area contributed by atoms with E-state index in [0.717, 1.165) is 40.0 Å². The quantitative estimate of drug-likeness (QED) is 0.251. The third kappa shape index (κ3) is 7.42. The molecule has 1 fully saturated rings. The first-order valence-corrected chi connectivity index (χ1v) is 13.8. The summed E-state index contributed by atoms with van der Waals surface area (Å²) in [7, 11) is 0. The molecule has 0 aliphatic carbocycles. The van der Waals surface area contributed by atoms with Crippen LogP contribution in [0.15, 0.2) is 97.3 Å². The Bertz CT molecular complexity index is 1410. The molecule has 0 saturated carbocycles. The predicted octanol–water partition coefficient (Wildman–Crippen LogP) is 5.59. The SMILES string of the molecule is O=C(CCc1cccnc1)Cc1ccc(OCCc2ccccc2-c2cccc(C(=O)N3CCOCC3)c2)cc1. The average Bonchev–Trinajstić information content (AvgIpc) is 3.02. The van der Waals surface area contributed by atoms with Gasteiger partial charge in [-0.15, -0.1) is 0 Å². The van der Waals surface area contributed by atoms with Crippen molar-refractivity contribution in [1.29, 1.82) is 0 Å². The fraction of sp³-hybridized carbons (Fsp3) is 0.265. The summed E-state index contributed by atoms with van der Waals surface area (Å²) in [6.07, 6.45) is 5.91. The number of carbonyl (C=O) groups is 2. The number of Topliss-reactive ketones (excluding diaryl/α,β-unsaturated/α-hetero) is 1. The summed E-state index contributed by atoms with van der Waals surface area (Å²) >= 11 is 0. The van der Waals surface area contributed by atoms with E-state index in [0.29, 0.717) is 57.7 Å². The molecule has 204 valence electrons. The molecule has 0 N–H and O–H groups in total. The van der Waals surface area contributed by atoms with E-state index in [-0.39, 0.29) is 11.7 Å². The van der Waals surface area contributed by atoms with Crippen molar-refractivity contribution in [3.63, 3.8) is 0 Å². The second-order valence-corrected chi connectivity index (χ2v) is 9.96. The lowest BCUT2D eigenvalue weighted by molar-refractivity contribution is -0.118. The highest BCUT2D eigenvalue weighted by atomic mass is 16.5. The second-order valence-electron chi connectivity index (χ2n) is 9.96. The van der Waals surface area contributed by atoms with Crippen LogP contribution in [0.1, 0.15) is 33.5 Å². The number of pyridine rings is 1. The molecule has 6 nitrogen and oxygen atoms in total. The molecule has 4 aromatic rings.